The monoisotopic (exact) mass is 281 g/mol. The van der Waals surface area contributed by atoms with Gasteiger partial charge in [-0.3, -0.25) is 19.7 Å². The molecule has 0 atom stereocenters. The van der Waals surface area contributed by atoms with Crippen LogP contribution >= 0.6 is 0 Å². The molecule has 1 aromatic rings. The van der Waals surface area contributed by atoms with Crippen LogP contribution in [0.5, 0.6) is 5.75 Å². The molecule has 0 bridgehead atoms. The second-order valence-corrected chi connectivity index (χ2v) is 4.12. The number of nitro benzene ring substituents is 1. The van der Waals surface area contributed by atoms with Crippen LogP contribution in [0.15, 0.2) is 18.2 Å². The quantitative estimate of drug-likeness (QED) is 0.322. The zero-order chi connectivity index (χ0) is 15.0. The molecule has 1 N–H and O–H groups in total. The van der Waals surface area contributed by atoms with E-state index in [9.17, 15) is 19.7 Å². The minimum Gasteiger partial charge on any atom is -0.487 e. The van der Waals surface area contributed by atoms with E-state index in [1.54, 1.807) is 0 Å². The van der Waals surface area contributed by atoms with Crippen LogP contribution in [-0.2, 0) is 4.79 Å². The van der Waals surface area contributed by atoms with Crippen LogP contribution in [0, 0.1) is 10.1 Å². The molecule has 0 saturated carbocycles. The summed E-state index contributed by atoms with van der Waals surface area (Å²) in [5.74, 6) is -0.793. The topological polar surface area (TPSA) is 107 Å². The molecule has 20 heavy (non-hydrogen) atoms. The first kappa shape index (κ1) is 15.6. The highest BCUT2D eigenvalue weighted by atomic mass is 16.6. The first-order chi connectivity index (χ1) is 9.56. The molecule has 1 rings (SSSR count). The predicted molar refractivity (Wildman–Crippen MR) is 70.1 cm³/mol. The van der Waals surface area contributed by atoms with Crippen LogP contribution in [0.25, 0.3) is 0 Å². The highest BCUT2D eigenvalue weighted by molar-refractivity contribution is 5.83. The summed E-state index contributed by atoms with van der Waals surface area (Å²) in [4.78, 5) is 31.3. The van der Waals surface area contributed by atoms with Crippen LogP contribution in [0.3, 0.4) is 0 Å². The summed E-state index contributed by atoms with van der Waals surface area (Å²) in [6.45, 7) is 0.239. The van der Waals surface area contributed by atoms with Gasteiger partial charge in [0.15, 0.2) is 12.0 Å². The molecule has 0 fully saturated rings. The third kappa shape index (κ3) is 4.68. The maximum Gasteiger partial charge on any atom is 0.321 e. The number of hydrogen-bond acceptors (Lipinski definition) is 5. The van der Waals surface area contributed by atoms with Crippen LogP contribution in [-0.4, -0.2) is 28.9 Å². The molecule has 0 aromatic heterocycles. The van der Waals surface area contributed by atoms with E-state index < -0.39 is 10.9 Å². The average molecular weight is 281 g/mol. The van der Waals surface area contributed by atoms with Crippen molar-refractivity contribution in [3.8, 4) is 5.75 Å². The fourth-order valence-electron chi connectivity index (χ4n) is 1.68. The summed E-state index contributed by atoms with van der Waals surface area (Å²) >= 11 is 0. The van der Waals surface area contributed by atoms with E-state index in [4.69, 9.17) is 9.84 Å². The number of para-hydroxylation sites is 1. The maximum absolute atomic E-state index is 10.9. The number of carbonyl (C=O) groups excluding carboxylic acids is 1. The summed E-state index contributed by atoms with van der Waals surface area (Å²) in [6.07, 6.45) is 2.30. The second-order valence-electron chi connectivity index (χ2n) is 4.12. The summed E-state index contributed by atoms with van der Waals surface area (Å²) in [5, 5.41) is 19.4. The Labute approximate surface area is 115 Å². The average Bonchev–Trinajstić information content (AvgIpc) is 2.41. The van der Waals surface area contributed by atoms with Crippen LogP contribution in [0.1, 0.15) is 36.0 Å². The predicted octanol–water partition coefficient (Wildman–Crippen LogP) is 2.43. The van der Waals surface area contributed by atoms with E-state index >= 15 is 0 Å². The van der Waals surface area contributed by atoms with Crippen molar-refractivity contribution in [2.24, 2.45) is 0 Å². The lowest BCUT2D eigenvalue weighted by Gasteiger charge is -2.07. The number of hydrogen-bond donors (Lipinski definition) is 1. The molecule has 108 valence electrons. The number of rotatable bonds is 9. The smallest absolute Gasteiger partial charge is 0.321 e. The summed E-state index contributed by atoms with van der Waals surface area (Å²) in [6, 6.07) is 4.30. The molecule has 0 aliphatic rings. The second kappa shape index (κ2) is 7.88. The highest BCUT2D eigenvalue weighted by Gasteiger charge is 2.20. The molecule has 7 heteroatoms. The zero-order valence-electron chi connectivity index (χ0n) is 10.8. The van der Waals surface area contributed by atoms with Gasteiger partial charge in [0.1, 0.15) is 0 Å². The Morgan fingerprint density at radius 2 is 2.10 bits per heavy atom. The van der Waals surface area contributed by atoms with Gasteiger partial charge in [-0.1, -0.05) is 6.07 Å². The van der Waals surface area contributed by atoms with Gasteiger partial charge in [0.2, 0.25) is 0 Å². The summed E-state index contributed by atoms with van der Waals surface area (Å²) in [5.41, 5.74) is -0.369. The fourth-order valence-corrected chi connectivity index (χ4v) is 1.68. The van der Waals surface area contributed by atoms with Crippen LogP contribution in [0.2, 0.25) is 0 Å². The van der Waals surface area contributed by atoms with Gasteiger partial charge in [-0.2, -0.15) is 0 Å². The number of unbranched alkanes of at least 4 members (excludes halogenated alkanes) is 2. The number of carboxylic acid groups (broad SMARTS) is 1. The Morgan fingerprint density at radius 3 is 2.70 bits per heavy atom. The van der Waals surface area contributed by atoms with Crippen molar-refractivity contribution < 1.29 is 24.4 Å². The number of ether oxygens (including phenoxy) is 1. The number of aldehydes is 1. The first-order valence-corrected chi connectivity index (χ1v) is 6.13. The highest BCUT2D eigenvalue weighted by Crippen LogP contribution is 2.29. The molecule has 0 heterocycles. The Kier molecular flexibility index (Phi) is 6.15. The zero-order valence-corrected chi connectivity index (χ0v) is 10.8. The van der Waals surface area contributed by atoms with Crippen molar-refractivity contribution in [3.63, 3.8) is 0 Å². The normalized spacial score (nSPS) is 10.0. The molecule has 0 radical (unpaired) electrons. The van der Waals surface area contributed by atoms with Gasteiger partial charge >= 0.3 is 11.7 Å². The standard InChI is InChI=1S/C13H15NO6/c15-9-10-5-4-6-11(13(10)14(18)19)20-8-3-1-2-7-12(16)17/h4-6,9H,1-3,7-8H2,(H,16,17). The van der Waals surface area contributed by atoms with Gasteiger partial charge < -0.3 is 9.84 Å². The third-order valence-corrected chi connectivity index (χ3v) is 2.63. The Morgan fingerprint density at radius 1 is 1.35 bits per heavy atom. The molecule has 0 amide bonds. The molecule has 1 aromatic carbocycles. The number of nitrogens with zero attached hydrogens (tertiary/aromatic N) is 1. The number of aliphatic carboxylic acids is 1. The lowest BCUT2D eigenvalue weighted by Crippen LogP contribution is -2.03. The fraction of sp³-hybridized carbons (Fsp3) is 0.385. The lowest BCUT2D eigenvalue weighted by molar-refractivity contribution is -0.386. The number of carbonyl (C=O) groups is 2. The van der Waals surface area contributed by atoms with Crippen molar-refractivity contribution in [2.75, 3.05) is 6.61 Å². The maximum atomic E-state index is 10.9. The largest absolute Gasteiger partial charge is 0.487 e. The van der Waals surface area contributed by atoms with Crippen molar-refractivity contribution in [1.29, 1.82) is 0 Å². The van der Waals surface area contributed by atoms with E-state index in [0.717, 1.165) is 0 Å². The van der Waals surface area contributed by atoms with Gasteiger partial charge in [0.25, 0.3) is 0 Å². The number of carboxylic acids is 1. The Balaban J connectivity index is 2.53. The molecule has 0 aliphatic carbocycles. The van der Waals surface area contributed by atoms with Gasteiger partial charge in [-0.25, -0.2) is 0 Å². The Bertz CT molecular complexity index is 500. The number of benzene rings is 1. The molecule has 7 nitrogen and oxygen atoms in total. The summed E-state index contributed by atoms with van der Waals surface area (Å²) < 4.78 is 5.30. The van der Waals surface area contributed by atoms with Gasteiger partial charge in [-0.05, 0) is 31.4 Å². The van der Waals surface area contributed by atoms with Crippen molar-refractivity contribution in [2.45, 2.75) is 25.7 Å². The van der Waals surface area contributed by atoms with E-state index in [1.807, 2.05) is 0 Å². The number of nitro groups is 1. The van der Waals surface area contributed by atoms with Gasteiger partial charge in [-0.15, -0.1) is 0 Å². The van der Waals surface area contributed by atoms with E-state index in [2.05, 4.69) is 0 Å². The van der Waals surface area contributed by atoms with Gasteiger partial charge in [0, 0.05) is 6.42 Å². The molecule has 0 unspecified atom stereocenters. The minimum atomic E-state index is -0.847. The molecule has 0 saturated heterocycles. The van der Waals surface area contributed by atoms with Crippen molar-refractivity contribution in [1.82, 2.24) is 0 Å². The molecule has 0 aliphatic heterocycles. The van der Waals surface area contributed by atoms with Gasteiger partial charge in [0.05, 0.1) is 17.1 Å². The Hall–Kier alpha value is -2.44. The third-order valence-electron chi connectivity index (χ3n) is 2.63. The molecular formula is C13H15NO6. The van der Waals surface area contributed by atoms with E-state index in [-0.39, 0.29) is 30.0 Å². The lowest BCUT2D eigenvalue weighted by atomic mass is 10.2. The van der Waals surface area contributed by atoms with Crippen molar-refractivity contribution >= 4 is 17.9 Å². The molecule has 0 spiro atoms. The van der Waals surface area contributed by atoms with E-state index in [0.29, 0.717) is 25.5 Å². The summed E-state index contributed by atoms with van der Waals surface area (Å²) in [7, 11) is 0. The molecular weight excluding hydrogens is 266 g/mol. The minimum absolute atomic E-state index is 0.0293. The SMILES string of the molecule is O=Cc1cccc(OCCCCCC(=O)O)c1[N+](=O)[O-]. The van der Waals surface area contributed by atoms with Crippen molar-refractivity contribution in [3.05, 3.63) is 33.9 Å². The van der Waals surface area contributed by atoms with Crippen LogP contribution < -0.4 is 4.74 Å². The first-order valence-electron chi connectivity index (χ1n) is 6.13. The van der Waals surface area contributed by atoms with Crippen LogP contribution in [0.4, 0.5) is 5.69 Å². The van der Waals surface area contributed by atoms with E-state index in [1.165, 1.54) is 18.2 Å².